The molecule has 0 radical (unpaired) electrons. The highest BCUT2D eigenvalue weighted by Crippen LogP contribution is 2.30. The molecule has 2 aliphatic heterocycles. The standard InChI is InChI=1S/2C37H42N6O3/c38-37(39)40-23-10-17-34-36(45)43(26-33(27-11-4-1-5-12-27)28-13-6-2-7-14-28)24-22-30(42-34)25-41-35(44)29-18-20-32(21-19-29)46-31-15-8-3-9-16-31;1-2-33(42-37(38)39)34-36(45)43(25-32(26-13-6-3-7-14-26)27-15-8-4-9-16-27)22-21-29(41-34)24-40-35(44)28-17-12-20-31(23-28)46-30-18-10-5-11-19-30/h1-9,11-16,18-21,30,33-34,42H,10,17,22-26H2,(H,41,44)(H4,38,39,40);3-20,23,29,32-34,41H,2,21-22,24-25H2,1H3,(H,40,44)(H4,38,39,42)/t30-,34-;29-,33?,34-/m00/s1. The second-order valence-corrected chi connectivity index (χ2v) is 22.9. The minimum Gasteiger partial charge on any atom is -0.457 e. The fourth-order valence-electron chi connectivity index (χ4n) is 11.6. The molecule has 0 saturated carbocycles. The molecule has 8 aromatic carbocycles. The monoisotopic (exact) mass is 1240 g/mol. The molecular weight excluding hydrogens is 1150 g/mol. The summed E-state index contributed by atoms with van der Waals surface area (Å²) in [5.74, 6) is 2.20. The number of rotatable bonds is 25. The average Bonchev–Trinajstić information content (AvgIpc) is 1.56. The van der Waals surface area contributed by atoms with Gasteiger partial charge in [-0.2, -0.15) is 0 Å². The molecule has 92 heavy (non-hydrogen) atoms. The first-order valence-corrected chi connectivity index (χ1v) is 31.5. The van der Waals surface area contributed by atoms with E-state index in [9.17, 15) is 19.2 Å². The summed E-state index contributed by atoms with van der Waals surface area (Å²) < 4.78 is 11.8. The van der Waals surface area contributed by atoms with E-state index in [0.717, 1.165) is 28.0 Å². The molecule has 2 fully saturated rings. The summed E-state index contributed by atoms with van der Waals surface area (Å²) in [5, 5.41) is 13.2. The third kappa shape index (κ3) is 19.6. The summed E-state index contributed by atoms with van der Waals surface area (Å²) in [6, 6.07) is 72.3. The van der Waals surface area contributed by atoms with Crippen LogP contribution >= 0.6 is 0 Å². The van der Waals surface area contributed by atoms with Crippen LogP contribution in [0.25, 0.3) is 0 Å². The molecule has 0 aromatic heterocycles. The van der Waals surface area contributed by atoms with Crippen LogP contribution in [-0.4, -0.2) is 121 Å². The zero-order chi connectivity index (χ0) is 64.4. The lowest BCUT2D eigenvalue weighted by Crippen LogP contribution is -2.54. The van der Waals surface area contributed by atoms with Gasteiger partial charge in [0.05, 0.1) is 12.1 Å². The summed E-state index contributed by atoms with van der Waals surface area (Å²) in [4.78, 5) is 67.0. The van der Waals surface area contributed by atoms with Crippen LogP contribution in [0, 0.1) is 0 Å². The molecule has 10 rings (SSSR count). The van der Waals surface area contributed by atoms with Gasteiger partial charge in [-0.05, 0) is 121 Å². The van der Waals surface area contributed by atoms with Crippen molar-refractivity contribution in [3.05, 3.63) is 264 Å². The lowest BCUT2D eigenvalue weighted by Gasteiger charge is -2.31. The van der Waals surface area contributed by atoms with Crippen molar-refractivity contribution < 1.29 is 28.7 Å². The van der Waals surface area contributed by atoms with Gasteiger partial charge in [0, 0.05) is 80.9 Å². The molecule has 12 N–H and O–H groups in total. The zero-order valence-electron chi connectivity index (χ0n) is 52.0. The van der Waals surface area contributed by atoms with E-state index in [1.165, 1.54) is 0 Å². The van der Waals surface area contributed by atoms with E-state index < -0.39 is 18.1 Å². The molecule has 0 bridgehead atoms. The van der Waals surface area contributed by atoms with Gasteiger partial charge >= 0.3 is 0 Å². The summed E-state index contributed by atoms with van der Waals surface area (Å²) in [7, 11) is 0. The Hall–Kier alpha value is -10.3. The number of amides is 4. The number of hydrogen-bond acceptors (Lipinski definition) is 10. The Balaban J connectivity index is 0.000000217. The maximum atomic E-state index is 14.2. The summed E-state index contributed by atoms with van der Waals surface area (Å²) in [6.45, 7) is 5.23. The van der Waals surface area contributed by atoms with Crippen LogP contribution in [0.1, 0.15) is 93.8 Å². The molecule has 1 unspecified atom stereocenters. The molecule has 0 aliphatic carbocycles. The molecule has 2 aliphatic rings. The third-order valence-corrected chi connectivity index (χ3v) is 16.4. The second kappa shape index (κ2) is 34.0. The number of carbonyl (C=O) groups is 4. The number of guanidine groups is 2. The van der Waals surface area contributed by atoms with Crippen LogP contribution in [0.15, 0.2) is 241 Å². The van der Waals surface area contributed by atoms with E-state index in [1.807, 2.05) is 156 Å². The van der Waals surface area contributed by atoms with Crippen molar-refractivity contribution in [3.63, 3.8) is 0 Å². The summed E-state index contributed by atoms with van der Waals surface area (Å²) in [5.41, 5.74) is 28.2. The number of nitrogens with zero attached hydrogens (tertiary/aromatic N) is 4. The quantitative estimate of drug-likeness (QED) is 0.0151. The van der Waals surface area contributed by atoms with Gasteiger partial charge in [0.15, 0.2) is 11.9 Å². The Morgan fingerprint density at radius 2 is 0.935 bits per heavy atom. The lowest BCUT2D eigenvalue weighted by molar-refractivity contribution is -0.134. The number of aliphatic imine (C=N–C) groups is 2. The maximum Gasteiger partial charge on any atom is 0.251 e. The highest BCUT2D eigenvalue weighted by Gasteiger charge is 2.38. The topological polar surface area (TPSA) is 270 Å². The van der Waals surface area contributed by atoms with E-state index in [0.29, 0.717) is 106 Å². The van der Waals surface area contributed by atoms with Gasteiger partial charge in [0.25, 0.3) is 11.8 Å². The lowest BCUT2D eigenvalue weighted by atomic mass is 9.90. The van der Waals surface area contributed by atoms with Crippen molar-refractivity contribution >= 4 is 35.5 Å². The molecule has 2 saturated heterocycles. The van der Waals surface area contributed by atoms with Gasteiger partial charge < -0.3 is 58.2 Å². The van der Waals surface area contributed by atoms with E-state index in [1.54, 1.807) is 42.5 Å². The van der Waals surface area contributed by atoms with Gasteiger partial charge in [-0.1, -0.05) is 171 Å². The number of hydrogen-bond donors (Lipinski definition) is 8. The number of para-hydroxylation sites is 2. The van der Waals surface area contributed by atoms with Crippen molar-refractivity contribution in [2.24, 2.45) is 32.9 Å². The summed E-state index contributed by atoms with van der Waals surface area (Å²) in [6.07, 6.45) is 3.10. The molecule has 18 nitrogen and oxygen atoms in total. The Morgan fingerprint density at radius 3 is 1.40 bits per heavy atom. The fourth-order valence-corrected chi connectivity index (χ4v) is 11.6. The van der Waals surface area contributed by atoms with Gasteiger partial charge in [0.1, 0.15) is 29.0 Å². The smallest absolute Gasteiger partial charge is 0.251 e. The largest absolute Gasteiger partial charge is 0.457 e. The van der Waals surface area contributed by atoms with Crippen LogP contribution in [-0.2, 0) is 9.59 Å². The Bertz CT molecular complexity index is 3560. The Labute approximate surface area is 539 Å². The number of nitrogens with two attached hydrogens (primary N) is 4. The van der Waals surface area contributed by atoms with Crippen molar-refractivity contribution in [2.45, 2.75) is 81.1 Å². The van der Waals surface area contributed by atoms with Crippen molar-refractivity contribution in [2.75, 3.05) is 45.8 Å². The number of benzene rings is 8. The first kappa shape index (κ1) is 66.1. The predicted octanol–water partition coefficient (Wildman–Crippen LogP) is 9.31. The molecule has 476 valence electrons. The normalized spacial score (nSPS) is 16.8. The van der Waals surface area contributed by atoms with E-state index in [2.05, 4.69) is 79.8 Å². The molecule has 8 aromatic rings. The second-order valence-electron chi connectivity index (χ2n) is 22.9. The van der Waals surface area contributed by atoms with Gasteiger partial charge in [-0.25, -0.2) is 4.99 Å². The summed E-state index contributed by atoms with van der Waals surface area (Å²) >= 11 is 0. The Kier molecular flexibility index (Phi) is 24.5. The SMILES string of the molecule is CCC(N=C(N)N)[C@@H]1N[C@H](CNC(=O)c2cccc(Oc3ccccc3)c2)CCN(CC(c2ccccc2)c2ccccc2)C1=O.NC(N)=NCCC[C@@H]1N[C@H](CNC(=O)c2ccc(Oc3ccccc3)cc2)CCN(CC(c2ccccc2)c2ccccc2)C1=O. The number of ether oxygens (including phenoxy) is 2. The molecule has 0 spiro atoms. The highest BCUT2D eigenvalue weighted by molar-refractivity contribution is 5.95. The predicted molar refractivity (Wildman–Crippen MR) is 364 cm³/mol. The van der Waals surface area contributed by atoms with Crippen molar-refractivity contribution in [3.8, 4) is 23.0 Å². The van der Waals surface area contributed by atoms with Crippen LogP contribution < -0.4 is 53.7 Å². The van der Waals surface area contributed by atoms with Gasteiger partial charge in [-0.3, -0.25) is 29.5 Å². The molecule has 5 atom stereocenters. The number of carbonyl (C=O) groups excluding carboxylic acids is 4. The molecular formula is C74H84N12O6. The van der Waals surface area contributed by atoms with Crippen molar-refractivity contribution in [1.82, 2.24) is 31.1 Å². The minimum atomic E-state index is -0.661. The van der Waals surface area contributed by atoms with Crippen LogP contribution in [0.4, 0.5) is 0 Å². The van der Waals surface area contributed by atoms with Crippen LogP contribution in [0.5, 0.6) is 23.0 Å². The van der Waals surface area contributed by atoms with Gasteiger partial charge in [0.2, 0.25) is 11.8 Å². The highest BCUT2D eigenvalue weighted by atomic mass is 16.5. The fraction of sp³-hybridized carbons (Fsp3) is 0.270. The number of nitrogens with one attached hydrogen (secondary N) is 4. The first-order chi connectivity index (χ1) is 44.9. The van der Waals surface area contributed by atoms with E-state index in [-0.39, 0.29) is 59.5 Å². The molecule has 18 heteroatoms. The van der Waals surface area contributed by atoms with Crippen molar-refractivity contribution in [1.29, 1.82) is 0 Å². The van der Waals surface area contributed by atoms with E-state index in [4.69, 9.17) is 32.4 Å². The third-order valence-electron chi connectivity index (χ3n) is 16.4. The van der Waals surface area contributed by atoms with Crippen LogP contribution in [0.2, 0.25) is 0 Å². The van der Waals surface area contributed by atoms with E-state index >= 15 is 0 Å². The first-order valence-electron chi connectivity index (χ1n) is 31.5. The molecule has 2 heterocycles. The van der Waals surface area contributed by atoms with Gasteiger partial charge in [-0.15, -0.1) is 0 Å². The molecule has 4 amide bonds. The maximum absolute atomic E-state index is 14.2. The average molecular weight is 1240 g/mol. The Morgan fingerprint density at radius 1 is 0.511 bits per heavy atom. The zero-order valence-corrected chi connectivity index (χ0v) is 52.0. The van der Waals surface area contributed by atoms with Crippen LogP contribution in [0.3, 0.4) is 0 Å². The minimum absolute atomic E-state index is 0.0169.